The van der Waals surface area contributed by atoms with Gasteiger partial charge in [-0.3, -0.25) is 14.1 Å². The molecule has 3 rings (SSSR count). The zero-order valence-corrected chi connectivity index (χ0v) is 13.0. The van der Waals surface area contributed by atoms with Gasteiger partial charge in [-0.1, -0.05) is 6.07 Å². The molecule has 0 aliphatic carbocycles. The van der Waals surface area contributed by atoms with Gasteiger partial charge in [-0.15, -0.1) is 12.4 Å². The molecule has 2 aromatic rings. The van der Waals surface area contributed by atoms with E-state index < -0.39 is 0 Å². The van der Waals surface area contributed by atoms with Crippen LogP contribution in [0.15, 0.2) is 29.2 Å². The SMILES string of the molecule is Cc1cccn2c(=O)cc(CN3CCC(CN)C3)nc12.Cl. The van der Waals surface area contributed by atoms with Crippen LogP contribution in [0.25, 0.3) is 5.65 Å². The Morgan fingerprint density at radius 3 is 3.00 bits per heavy atom. The lowest BCUT2D eigenvalue weighted by atomic mass is 10.1. The summed E-state index contributed by atoms with van der Waals surface area (Å²) >= 11 is 0. The topological polar surface area (TPSA) is 63.6 Å². The number of nitrogens with zero attached hydrogens (tertiary/aromatic N) is 3. The average molecular weight is 309 g/mol. The number of pyridine rings is 1. The van der Waals surface area contributed by atoms with Gasteiger partial charge in [0.1, 0.15) is 5.65 Å². The van der Waals surface area contributed by atoms with Gasteiger partial charge in [0.2, 0.25) is 0 Å². The molecule has 1 unspecified atom stereocenters. The van der Waals surface area contributed by atoms with E-state index in [2.05, 4.69) is 9.88 Å². The van der Waals surface area contributed by atoms with E-state index in [4.69, 9.17) is 5.73 Å². The number of likely N-dealkylation sites (tertiary alicyclic amines) is 1. The van der Waals surface area contributed by atoms with Crippen molar-refractivity contribution in [3.05, 3.63) is 46.0 Å². The molecule has 0 radical (unpaired) electrons. The number of aromatic nitrogens is 2. The minimum atomic E-state index is -0.0109. The molecule has 5 nitrogen and oxygen atoms in total. The molecule has 0 saturated carbocycles. The summed E-state index contributed by atoms with van der Waals surface area (Å²) in [6.07, 6.45) is 2.91. The minimum absolute atomic E-state index is 0. The number of halogens is 1. The highest BCUT2D eigenvalue weighted by Crippen LogP contribution is 2.17. The van der Waals surface area contributed by atoms with E-state index in [1.807, 2.05) is 19.1 Å². The Bertz CT molecular complexity index is 685. The van der Waals surface area contributed by atoms with Crippen LogP contribution in [0, 0.1) is 12.8 Å². The smallest absolute Gasteiger partial charge is 0.258 e. The molecule has 0 spiro atoms. The summed E-state index contributed by atoms with van der Waals surface area (Å²) in [7, 11) is 0. The molecular formula is C15H21ClN4O. The molecule has 2 aromatic heterocycles. The van der Waals surface area contributed by atoms with Crippen LogP contribution < -0.4 is 11.3 Å². The number of rotatable bonds is 3. The third-order valence-electron chi connectivity index (χ3n) is 4.03. The quantitative estimate of drug-likeness (QED) is 0.925. The lowest BCUT2D eigenvalue weighted by molar-refractivity contribution is 0.314. The number of hydrogen-bond acceptors (Lipinski definition) is 4. The second kappa shape index (κ2) is 6.56. The number of fused-ring (bicyclic) bond motifs is 1. The van der Waals surface area contributed by atoms with E-state index in [0.29, 0.717) is 5.92 Å². The van der Waals surface area contributed by atoms with E-state index in [-0.39, 0.29) is 18.0 Å². The minimum Gasteiger partial charge on any atom is -0.330 e. The zero-order valence-electron chi connectivity index (χ0n) is 12.2. The molecule has 1 fully saturated rings. The lowest BCUT2D eigenvalue weighted by Crippen LogP contribution is -2.25. The van der Waals surface area contributed by atoms with Gasteiger partial charge in [0.15, 0.2) is 0 Å². The monoisotopic (exact) mass is 308 g/mol. The summed E-state index contributed by atoms with van der Waals surface area (Å²) in [5, 5.41) is 0. The predicted molar refractivity (Wildman–Crippen MR) is 85.9 cm³/mol. The zero-order chi connectivity index (χ0) is 14.1. The van der Waals surface area contributed by atoms with Crippen LogP contribution in [0.1, 0.15) is 17.7 Å². The molecule has 114 valence electrons. The van der Waals surface area contributed by atoms with Crippen molar-refractivity contribution in [3.8, 4) is 0 Å². The fourth-order valence-corrected chi connectivity index (χ4v) is 2.87. The van der Waals surface area contributed by atoms with Gasteiger partial charge in [-0.05, 0) is 44.0 Å². The predicted octanol–water partition coefficient (Wildman–Crippen LogP) is 1.21. The van der Waals surface area contributed by atoms with Gasteiger partial charge in [0.05, 0.1) is 5.69 Å². The molecule has 1 aliphatic rings. The van der Waals surface area contributed by atoms with Crippen LogP contribution in [0.5, 0.6) is 0 Å². The molecule has 3 heterocycles. The van der Waals surface area contributed by atoms with E-state index in [1.54, 1.807) is 16.7 Å². The maximum atomic E-state index is 12.1. The Labute approximate surface area is 130 Å². The third kappa shape index (κ3) is 3.26. The van der Waals surface area contributed by atoms with Gasteiger partial charge in [0.25, 0.3) is 5.56 Å². The first-order valence-corrected chi connectivity index (χ1v) is 7.07. The molecule has 2 N–H and O–H groups in total. The summed E-state index contributed by atoms with van der Waals surface area (Å²) in [5.41, 5.74) is 8.33. The highest BCUT2D eigenvalue weighted by molar-refractivity contribution is 5.85. The van der Waals surface area contributed by atoms with Crippen molar-refractivity contribution < 1.29 is 0 Å². The lowest BCUT2D eigenvalue weighted by Gasteiger charge is -2.15. The average Bonchev–Trinajstić information content (AvgIpc) is 2.88. The number of aryl methyl sites for hydroxylation is 1. The van der Waals surface area contributed by atoms with Crippen molar-refractivity contribution in [1.82, 2.24) is 14.3 Å². The molecular weight excluding hydrogens is 288 g/mol. The van der Waals surface area contributed by atoms with Crippen LogP contribution >= 0.6 is 12.4 Å². The van der Waals surface area contributed by atoms with Gasteiger partial charge in [-0.25, -0.2) is 4.98 Å². The molecule has 1 aliphatic heterocycles. The summed E-state index contributed by atoms with van der Waals surface area (Å²) in [6.45, 7) is 5.49. The maximum absolute atomic E-state index is 12.1. The van der Waals surface area contributed by atoms with Crippen molar-refractivity contribution in [2.75, 3.05) is 19.6 Å². The fourth-order valence-electron chi connectivity index (χ4n) is 2.87. The van der Waals surface area contributed by atoms with E-state index in [0.717, 1.165) is 49.5 Å². The molecule has 21 heavy (non-hydrogen) atoms. The Kier molecular flexibility index (Phi) is 4.98. The Hall–Kier alpha value is -1.43. The summed E-state index contributed by atoms with van der Waals surface area (Å²) in [5.74, 6) is 0.582. The molecule has 0 bridgehead atoms. The Balaban J connectivity index is 0.00000161. The van der Waals surface area contributed by atoms with Gasteiger partial charge >= 0.3 is 0 Å². The van der Waals surface area contributed by atoms with Crippen molar-refractivity contribution in [1.29, 1.82) is 0 Å². The third-order valence-corrected chi connectivity index (χ3v) is 4.03. The first kappa shape index (κ1) is 15.9. The molecule has 1 saturated heterocycles. The van der Waals surface area contributed by atoms with Crippen LogP contribution in [-0.2, 0) is 6.54 Å². The van der Waals surface area contributed by atoms with Gasteiger partial charge in [-0.2, -0.15) is 0 Å². The van der Waals surface area contributed by atoms with Gasteiger partial charge in [0, 0.05) is 25.4 Å². The Morgan fingerprint density at radius 1 is 1.48 bits per heavy atom. The highest BCUT2D eigenvalue weighted by Gasteiger charge is 2.21. The highest BCUT2D eigenvalue weighted by atomic mass is 35.5. The van der Waals surface area contributed by atoms with Crippen molar-refractivity contribution in [2.45, 2.75) is 19.9 Å². The second-order valence-electron chi connectivity index (χ2n) is 5.60. The molecule has 1 atom stereocenters. The van der Waals surface area contributed by atoms with Gasteiger partial charge < -0.3 is 5.73 Å². The largest absolute Gasteiger partial charge is 0.330 e. The van der Waals surface area contributed by atoms with Crippen molar-refractivity contribution >= 4 is 18.1 Å². The normalized spacial score (nSPS) is 18.9. The van der Waals surface area contributed by atoms with E-state index >= 15 is 0 Å². The molecule has 6 heteroatoms. The van der Waals surface area contributed by atoms with E-state index in [1.165, 1.54) is 0 Å². The summed E-state index contributed by atoms with van der Waals surface area (Å²) < 4.78 is 1.60. The number of nitrogens with two attached hydrogens (primary N) is 1. The summed E-state index contributed by atoms with van der Waals surface area (Å²) in [4.78, 5) is 19.1. The van der Waals surface area contributed by atoms with Crippen LogP contribution in [0.2, 0.25) is 0 Å². The standard InChI is InChI=1S/C15H20N4O.ClH/c1-11-3-2-5-19-14(20)7-13(17-15(11)19)10-18-6-4-12(8-16)9-18;/h2-3,5,7,12H,4,6,8-10,16H2,1H3;1H. The maximum Gasteiger partial charge on any atom is 0.258 e. The van der Waals surface area contributed by atoms with Crippen LogP contribution in [0.3, 0.4) is 0 Å². The molecule has 0 amide bonds. The Morgan fingerprint density at radius 2 is 2.29 bits per heavy atom. The summed E-state index contributed by atoms with van der Waals surface area (Å²) in [6, 6.07) is 5.49. The van der Waals surface area contributed by atoms with E-state index in [9.17, 15) is 4.79 Å². The van der Waals surface area contributed by atoms with Crippen molar-refractivity contribution in [3.63, 3.8) is 0 Å². The first-order valence-electron chi connectivity index (χ1n) is 7.07. The fraction of sp³-hybridized carbons (Fsp3) is 0.467. The number of hydrogen-bond donors (Lipinski definition) is 1. The van der Waals surface area contributed by atoms with Crippen LogP contribution in [0.4, 0.5) is 0 Å². The second-order valence-corrected chi connectivity index (χ2v) is 5.60. The molecule has 0 aromatic carbocycles. The van der Waals surface area contributed by atoms with Crippen LogP contribution in [-0.4, -0.2) is 33.9 Å². The van der Waals surface area contributed by atoms with Crippen molar-refractivity contribution in [2.24, 2.45) is 11.7 Å². The first-order chi connectivity index (χ1) is 9.67.